The summed E-state index contributed by atoms with van der Waals surface area (Å²) in [5, 5.41) is 8.71. The van der Waals surface area contributed by atoms with Crippen LogP contribution in [0.25, 0.3) is 0 Å². The highest BCUT2D eigenvalue weighted by Crippen LogP contribution is 2.26. The Balaban J connectivity index is 2.28. The summed E-state index contributed by atoms with van der Waals surface area (Å²) in [6, 6.07) is 0. The number of aliphatic hydroxyl groups excluding tert-OH is 1. The van der Waals surface area contributed by atoms with Crippen molar-refractivity contribution in [3.05, 3.63) is 0 Å². The third kappa shape index (κ3) is 2.68. The number of alkyl halides is 2. The molecule has 4 heteroatoms. The van der Waals surface area contributed by atoms with Gasteiger partial charge in [-0.1, -0.05) is 6.92 Å². The summed E-state index contributed by atoms with van der Waals surface area (Å²) in [4.78, 5) is 1.71. The number of hydrogen-bond acceptors (Lipinski definition) is 2. The van der Waals surface area contributed by atoms with Crippen LogP contribution < -0.4 is 0 Å². The molecule has 1 heterocycles. The largest absolute Gasteiger partial charge is 0.396 e. The van der Waals surface area contributed by atoms with Crippen molar-refractivity contribution in [2.24, 2.45) is 5.92 Å². The molecule has 1 aliphatic rings. The van der Waals surface area contributed by atoms with Gasteiger partial charge in [0.2, 0.25) is 0 Å². The Kier molecular flexibility index (Phi) is 3.01. The Labute approximate surface area is 71.2 Å². The summed E-state index contributed by atoms with van der Waals surface area (Å²) in [6.07, 6.45) is -0.0366. The number of hydrogen-bond donors (Lipinski definition) is 1. The van der Waals surface area contributed by atoms with Crippen LogP contribution in [0.5, 0.6) is 0 Å². The minimum Gasteiger partial charge on any atom is -0.396 e. The molecule has 0 aromatic carbocycles. The summed E-state index contributed by atoms with van der Waals surface area (Å²) in [5.74, 6) is -2.41. The number of halogens is 2. The van der Waals surface area contributed by atoms with Gasteiger partial charge in [-0.05, 0) is 5.92 Å². The molecule has 0 bridgehead atoms. The minimum atomic E-state index is -2.50. The Hall–Kier alpha value is -0.220. The van der Waals surface area contributed by atoms with Gasteiger partial charge in [0.05, 0.1) is 6.54 Å². The summed E-state index contributed by atoms with van der Waals surface area (Å²) in [6.45, 7) is 2.82. The third-order valence-corrected chi connectivity index (χ3v) is 2.13. The molecule has 0 radical (unpaired) electrons. The summed E-state index contributed by atoms with van der Waals surface area (Å²) < 4.78 is 25.3. The monoisotopic (exact) mass is 179 g/mol. The Bertz CT molecular complexity index is 152. The van der Waals surface area contributed by atoms with Crippen LogP contribution in [0, 0.1) is 5.92 Å². The lowest BCUT2D eigenvalue weighted by Gasteiger charge is -2.18. The van der Waals surface area contributed by atoms with Gasteiger partial charge in [-0.25, -0.2) is 8.78 Å². The molecule has 1 N–H and O–H groups in total. The van der Waals surface area contributed by atoms with Crippen LogP contribution in [0.2, 0.25) is 0 Å². The molecule has 0 spiro atoms. The zero-order valence-corrected chi connectivity index (χ0v) is 7.26. The molecule has 1 aliphatic heterocycles. The van der Waals surface area contributed by atoms with Crippen LogP contribution in [-0.4, -0.2) is 42.2 Å². The van der Waals surface area contributed by atoms with E-state index in [1.807, 2.05) is 6.92 Å². The fourth-order valence-electron chi connectivity index (χ4n) is 1.46. The molecule has 0 aromatic heterocycles. The molecular formula is C8H15F2NO. The molecule has 2 nitrogen and oxygen atoms in total. The second-order valence-electron chi connectivity index (χ2n) is 3.63. The highest BCUT2D eigenvalue weighted by atomic mass is 19.3. The Morgan fingerprint density at radius 3 is 2.67 bits per heavy atom. The zero-order valence-electron chi connectivity index (χ0n) is 7.26. The molecule has 0 aliphatic carbocycles. The quantitative estimate of drug-likeness (QED) is 0.697. The second-order valence-corrected chi connectivity index (χ2v) is 3.63. The molecule has 0 amide bonds. The summed E-state index contributed by atoms with van der Waals surface area (Å²) >= 11 is 0. The molecule has 72 valence electrons. The number of likely N-dealkylation sites (tertiary alicyclic amines) is 1. The van der Waals surface area contributed by atoms with E-state index in [0.29, 0.717) is 13.1 Å². The fraction of sp³-hybridized carbons (Fsp3) is 1.00. The standard InChI is InChI=1S/C8H15F2NO/c1-7(5-12)4-11-3-2-8(9,10)6-11/h7,12H,2-6H2,1H3. The van der Waals surface area contributed by atoms with Gasteiger partial charge < -0.3 is 5.11 Å². The highest BCUT2D eigenvalue weighted by molar-refractivity contribution is 4.82. The van der Waals surface area contributed by atoms with Gasteiger partial charge in [-0.2, -0.15) is 0 Å². The van der Waals surface area contributed by atoms with Crippen LogP contribution >= 0.6 is 0 Å². The highest BCUT2D eigenvalue weighted by Gasteiger charge is 2.38. The smallest absolute Gasteiger partial charge is 0.261 e. The van der Waals surface area contributed by atoms with Gasteiger partial charge in [0.1, 0.15) is 0 Å². The van der Waals surface area contributed by atoms with Crippen LogP contribution in [0.4, 0.5) is 8.78 Å². The number of aliphatic hydroxyl groups is 1. The van der Waals surface area contributed by atoms with Gasteiger partial charge in [0.15, 0.2) is 0 Å². The van der Waals surface area contributed by atoms with Crippen LogP contribution in [0.15, 0.2) is 0 Å². The van der Waals surface area contributed by atoms with Gasteiger partial charge in [0.25, 0.3) is 5.92 Å². The first kappa shape index (κ1) is 9.86. The maximum Gasteiger partial charge on any atom is 0.261 e. The molecule has 1 atom stereocenters. The van der Waals surface area contributed by atoms with Crippen molar-refractivity contribution in [1.82, 2.24) is 4.90 Å². The molecule has 0 saturated carbocycles. The SMILES string of the molecule is CC(CO)CN1CCC(F)(F)C1. The van der Waals surface area contributed by atoms with Crippen molar-refractivity contribution in [1.29, 1.82) is 0 Å². The van der Waals surface area contributed by atoms with E-state index in [9.17, 15) is 8.78 Å². The molecule has 0 aromatic rings. The molecule has 12 heavy (non-hydrogen) atoms. The predicted molar refractivity (Wildman–Crippen MR) is 42.3 cm³/mol. The van der Waals surface area contributed by atoms with Crippen LogP contribution in [-0.2, 0) is 0 Å². The van der Waals surface area contributed by atoms with E-state index in [4.69, 9.17) is 5.11 Å². The first-order chi connectivity index (χ1) is 5.53. The Morgan fingerprint density at radius 2 is 2.25 bits per heavy atom. The molecule has 1 fully saturated rings. The first-order valence-corrected chi connectivity index (χ1v) is 4.24. The molecular weight excluding hydrogens is 164 g/mol. The second kappa shape index (κ2) is 3.66. The summed E-state index contributed by atoms with van der Waals surface area (Å²) in [7, 11) is 0. The average molecular weight is 179 g/mol. The van der Waals surface area contributed by atoms with Crippen LogP contribution in [0.3, 0.4) is 0 Å². The molecule has 1 rings (SSSR count). The lowest BCUT2D eigenvalue weighted by atomic mass is 10.2. The lowest BCUT2D eigenvalue weighted by molar-refractivity contribution is 0.0102. The zero-order chi connectivity index (χ0) is 9.19. The van der Waals surface area contributed by atoms with E-state index < -0.39 is 5.92 Å². The topological polar surface area (TPSA) is 23.5 Å². The fourth-order valence-corrected chi connectivity index (χ4v) is 1.46. The third-order valence-electron chi connectivity index (χ3n) is 2.13. The van der Waals surface area contributed by atoms with Crippen molar-refractivity contribution in [2.45, 2.75) is 19.3 Å². The van der Waals surface area contributed by atoms with Crippen molar-refractivity contribution < 1.29 is 13.9 Å². The van der Waals surface area contributed by atoms with E-state index in [0.717, 1.165) is 0 Å². The van der Waals surface area contributed by atoms with Crippen molar-refractivity contribution in [3.63, 3.8) is 0 Å². The maximum absolute atomic E-state index is 12.6. The molecule has 1 saturated heterocycles. The molecule has 1 unspecified atom stereocenters. The normalized spacial score (nSPS) is 26.0. The van der Waals surface area contributed by atoms with Gasteiger partial charge >= 0.3 is 0 Å². The number of nitrogens with zero attached hydrogens (tertiary/aromatic N) is 1. The Morgan fingerprint density at radius 1 is 1.58 bits per heavy atom. The number of rotatable bonds is 3. The van der Waals surface area contributed by atoms with Gasteiger partial charge in [-0.3, -0.25) is 4.90 Å². The van der Waals surface area contributed by atoms with Crippen molar-refractivity contribution >= 4 is 0 Å². The lowest BCUT2D eigenvalue weighted by Crippen LogP contribution is -2.30. The van der Waals surface area contributed by atoms with E-state index >= 15 is 0 Å². The van der Waals surface area contributed by atoms with E-state index in [-0.39, 0.29) is 25.5 Å². The van der Waals surface area contributed by atoms with Crippen molar-refractivity contribution in [2.75, 3.05) is 26.2 Å². The van der Waals surface area contributed by atoms with Crippen molar-refractivity contribution in [3.8, 4) is 0 Å². The summed E-state index contributed by atoms with van der Waals surface area (Å²) in [5.41, 5.74) is 0. The maximum atomic E-state index is 12.6. The first-order valence-electron chi connectivity index (χ1n) is 4.24. The van der Waals surface area contributed by atoms with Gasteiger partial charge in [0, 0.05) is 26.1 Å². The van der Waals surface area contributed by atoms with Gasteiger partial charge in [-0.15, -0.1) is 0 Å². The minimum absolute atomic E-state index is 0.0366. The van der Waals surface area contributed by atoms with E-state index in [2.05, 4.69) is 0 Å². The van der Waals surface area contributed by atoms with Crippen LogP contribution in [0.1, 0.15) is 13.3 Å². The van der Waals surface area contributed by atoms with E-state index in [1.54, 1.807) is 4.90 Å². The van der Waals surface area contributed by atoms with E-state index in [1.165, 1.54) is 0 Å². The average Bonchev–Trinajstić information content (AvgIpc) is 2.30. The predicted octanol–water partition coefficient (Wildman–Crippen LogP) is 0.956.